The van der Waals surface area contributed by atoms with Gasteiger partial charge < -0.3 is 24.2 Å². The van der Waals surface area contributed by atoms with Gasteiger partial charge in [0.05, 0.1) is 5.92 Å². The lowest BCUT2D eigenvalue weighted by atomic mass is 10.1. The SMILES string of the molecule is CSc1cccc(N2CC(C(=O)N3CCN(C(=O)C4COc5ccccc5O4)CC3)CC2=O)c1. The van der Waals surface area contributed by atoms with E-state index in [1.807, 2.05) is 48.7 Å². The molecule has 0 radical (unpaired) electrons. The van der Waals surface area contributed by atoms with E-state index in [2.05, 4.69) is 0 Å². The standard InChI is InChI=1S/C25H27N3O5S/c1-34-19-6-4-5-18(14-19)28-15-17(13-23(28)29)24(30)26-9-11-27(12-10-26)25(31)22-16-32-20-7-2-3-8-21(20)33-22/h2-8,14,17,22H,9-13,15-16H2,1H3. The molecule has 2 fully saturated rings. The van der Waals surface area contributed by atoms with Crippen molar-refractivity contribution in [1.82, 2.24) is 9.80 Å². The number of anilines is 1. The molecule has 178 valence electrons. The van der Waals surface area contributed by atoms with Crippen LogP contribution in [0.4, 0.5) is 5.69 Å². The number of thioether (sulfide) groups is 1. The normalized spacial score (nSPS) is 22.1. The van der Waals surface area contributed by atoms with Crippen LogP contribution < -0.4 is 14.4 Å². The molecule has 0 saturated carbocycles. The molecule has 3 heterocycles. The summed E-state index contributed by atoms with van der Waals surface area (Å²) in [7, 11) is 0. The molecule has 3 amide bonds. The minimum atomic E-state index is -0.685. The maximum atomic E-state index is 13.2. The summed E-state index contributed by atoms with van der Waals surface area (Å²) >= 11 is 1.62. The summed E-state index contributed by atoms with van der Waals surface area (Å²) in [6.07, 6.45) is 1.53. The molecular formula is C25H27N3O5S. The summed E-state index contributed by atoms with van der Waals surface area (Å²) in [5, 5.41) is 0. The highest BCUT2D eigenvalue weighted by Crippen LogP contribution is 2.32. The number of carbonyl (C=O) groups excluding carboxylic acids is 3. The fourth-order valence-corrected chi connectivity index (χ4v) is 5.10. The number of hydrogen-bond acceptors (Lipinski definition) is 6. The topological polar surface area (TPSA) is 79.4 Å². The van der Waals surface area contributed by atoms with Crippen molar-refractivity contribution in [2.24, 2.45) is 5.92 Å². The number of rotatable bonds is 4. The Hall–Kier alpha value is -3.20. The Morgan fingerprint density at radius 2 is 1.65 bits per heavy atom. The highest BCUT2D eigenvalue weighted by molar-refractivity contribution is 7.98. The fraction of sp³-hybridized carbons (Fsp3) is 0.400. The van der Waals surface area contributed by atoms with E-state index < -0.39 is 6.10 Å². The van der Waals surface area contributed by atoms with Crippen molar-refractivity contribution in [1.29, 1.82) is 0 Å². The predicted molar refractivity (Wildman–Crippen MR) is 128 cm³/mol. The zero-order valence-electron chi connectivity index (χ0n) is 19.0. The lowest BCUT2D eigenvalue weighted by molar-refractivity contribution is -0.147. The summed E-state index contributed by atoms with van der Waals surface area (Å²) in [5.74, 6) is 0.675. The molecule has 2 saturated heterocycles. The van der Waals surface area contributed by atoms with Gasteiger partial charge in [-0.05, 0) is 36.6 Å². The molecule has 0 aromatic heterocycles. The quantitative estimate of drug-likeness (QED) is 0.624. The first kappa shape index (κ1) is 22.6. The van der Waals surface area contributed by atoms with Crippen molar-refractivity contribution in [3.05, 3.63) is 48.5 Å². The van der Waals surface area contributed by atoms with Crippen LogP contribution >= 0.6 is 11.8 Å². The van der Waals surface area contributed by atoms with Crippen LogP contribution in [0.25, 0.3) is 0 Å². The van der Waals surface area contributed by atoms with Crippen molar-refractivity contribution in [3.63, 3.8) is 0 Å². The first-order valence-electron chi connectivity index (χ1n) is 11.4. The molecule has 0 aliphatic carbocycles. The average Bonchev–Trinajstić information content (AvgIpc) is 3.29. The first-order chi connectivity index (χ1) is 16.5. The summed E-state index contributed by atoms with van der Waals surface area (Å²) in [4.78, 5) is 45.0. The van der Waals surface area contributed by atoms with Crippen LogP contribution in [0.15, 0.2) is 53.4 Å². The zero-order valence-corrected chi connectivity index (χ0v) is 19.8. The van der Waals surface area contributed by atoms with E-state index in [1.165, 1.54) is 0 Å². The van der Waals surface area contributed by atoms with E-state index in [0.29, 0.717) is 44.2 Å². The number of para-hydroxylation sites is 2. The summed E-state index contributed by atoms with van der Waals surface area (Å²) in [6, 6.07) is 15.1. The number of amides is 3. The second-order valence-electron chi connectivity index (χ2n) is 8.62. The van der Waals surface area contributed by atoms with E-state index in [9.17, 15) is 14.4 Å². The third-order valence-electron chi connectivity index (χ3n) is 6.53. The van der Waals surface area contributed by atoms with Gasteiger partial charge in [0.25, 0.3) is 5.91 Å². The van der Waals surface area contributed by atoms with Gasteiger partial charge in [-0.15, -0.1) is 11.8 Å². The van der Waals surface area contributed by atoms with Gasteiger partial charge in [0, 0.05) is 49.7 Å². The van der Waals surface area contributed by atoms with Gasteiger partial charge in [0.2, 0.25) is 17.9 Å². The minimum absolute atomic E-state index is 0.0184. The Labute approximate surface area is 202 Å². The summed E-state index contributed by atoms with van der Waals surface area (Å²) in [5.41, 5.74) is 0.832. The van der Waals surface area contributed by atoms with Crippen LogP contribution in [-0.2, 0) is 14.4 Å². The van der Waals surface area contributed by atoms with Gasteiger partial charge in [-0.3, -0.25) is 14.4 Å². The van der Waals surface area contributed by atoms with Crippen molar-refractivity contribution < 1.29 is 23.9 Å². The molecule has 0 N–H and O–H groups in total. The molecule has 5 rings (SSSR count). The third-order valence-corrected chi connectivity index (χ3v) is 7.25. The molecule has 3 aliphatic heterocycles. The number of carbonyl (C=O) groups is 3. The van der Waals surface area contributed by atoms with Crippen LogP contribution in [0.3, 0.4) is 0 Å². The van der Waals surface area contributed by atoms with Crippen molar-refractivity contribution in [2.45, 2.75) is 17.4 Å². The number of fused-ring (bicyclic) bond motifs is 1. The number of piperazine rings is 1. The van der Waals surface area contributed by atoms with Gasteiger partial charge in [0.1, 0.15) is 6.61 Å². The van der Waals surface area contributed by atoms with E-state index in [-0.39, 0.29) is 36.7 Å². The van der Waals surface area contributed by atoms with E-state index in [4.69, 9.17) is 9.47 Å². The molecule has 2 aromatic carbocycles. The monoisotopic (exact) mass is 481 g/mol. The maximum absolute atomic E-state index is 13.2. The van der Waals surface area contributed by atoms with Crippen molar-refractivity contribution >= 4 is 35.2 Å². The van der Waals surface area contributed by atoms with Crippen molar-refractivity contribution in [3.8, 4) is 11.5 Å². The Balaban J connectivity index is 1.15. The van der Waals surface area contributed by atoms with Gasteiger partial charge >= 0.3 is 0 Å². The largest absolute Gasteiger partial charge is 0.485 e. The number of ether oxygens (including phenoxy) is 2. The highest BCUT2D eigenvalue weighted by Gasteiger charge is 2.39. The summed E-state index contributed by atoms with van der Waals surface area (Å²) in [6.45, 7) is 2.33. The molecule has 8 nitrogen and oxygen atoms in total. The molecule has 2 aromatic rings. The van der Waals surface area contributed by atoms with Crippen LogP contribution in [0.1, 0.15) is 6.42 Å². The van der Waals surface area contributed by atoms with Gasteiger partial charge in [-0.25, -0.2) is 0 Å². The van der Waals surface area contributed by atoms with Crippen LogP contribution in [0, 0.1) is 5.92 Å². The molecule has 9 heteroatoms. The molecule has 3 aliphatic rings. The van der Waals surface area contributed by atoms with Gasteiger partial charge in [0.15, 0.2) is 11.5 Å². The predicted octanol–water partition coefficient (Wildman–Crippen LogP) is 2.27. The summed E-state index contributed by atoms with van der Waals surface area (Å²) < 4.78 is 11.5. The fourth-order valence-electron chi connectivity index (χ4n) is 4.65. The molecule has 0 bridgehead atoms. The average molecular weight is 482 g/mol. The van der Waals surface area contributed by atoms with E-state index >= 15 is 0 Å². The van der Waals surface area contributed by atoms with Gasteiger partial charge in [-0.1, -0.05) is 18.2 Å². The minimum Gasteiger partial charge on any atom is -0.485 e. The molecule has 34 heavy (non-hydrogen) atoms. The Morgan fingerprint density at radius 1 is 0.941 bits per heavy atom. The van der Waals surface area contributed by atoms with Crippen LogP contribution in [-0.4, -0.2) is 79.2 Å². The van der Waals surface area contributed by atoms with Crippen LogP contribution in [0.2, 0.25) is 0 Å². The lowest BCUT2D eigenvalue weighted by Crippen LogP contribution is -2.56. The molecular weight excluding hydrogens is 454 g/mol. The molecule has 0 spiro atoms. The first-order valence-corrected chi connectivity index (χ1v) is 12.7. The second-order valence-corrected chi connectivity index (χ2v) is 9.50. The van der Waals surface area contributed by atoms with Gasteiger partial charge in [-0.2, -0.15) is 0 Å². The van der Waals surface area contributed by atoms with Crippen molar-refractivity contribution in [2.75, 3.05) is 50.5 Å². The second kappa shape index (κ2) is 9.58. The van der Waals surface area contributed by atoms with Crippen LogP contribution in [0.5, 0.6) is 11.5 Å². The van der Waals surface area contributed by atoms with E-state index in [1.54, 1.807) is 32.5 Å². The van der Waals surface area contributed by atoms with E-state index in [0.717, 1.165) is 10.6 Å². The Bertz CT molecular complexity index is 1100. The third kappa shape index (κ3) is 4.44. The number of hydrogen-bond donors (Lipinski definition) is 0. The zero-order chi connectivity index (χ0) is 23.7. The number of benzene rings is 2. The highest BCUT2D eigenvalue weighted by atomic mass is 32.2. The smallest absolute Gasteiger partial charge is 0.267 e. The molecule has 2 unspecified atom stereocenters. The molecule has 2 atom stereocenters. The Kier molecular flexibility index (Phi) is 6.36. The lowest BCUT2D eigenvalue weighted by Gasteiger charge is -2.37. The Morgan fingerprint density at radius 3 is 2.38 bits per heavy atom. The maximum Gasteiger partial charge on any atom is 0.267 e. The number of nitrogens with zero attached hydrogens (tertiary/aromatic N) is 3.